The molecule has 0 heterocycles. The highest BCUT2D eigenvalue weighted by Crippen LogP contribution is 2.52. The predicted molar refractivity (Wildman–Crippen MR) is 29.2 cm³/mol. The second-order valence-corrected chi connectivity index (χ2v) is 4.08. The van der Waals surface area contributed by atoms with Gasteiger partial charge >= 0.3 is 7.82 Å². The lowest BCUT2D eigenvalue weighted by molar-refractivity contribution is 0.278. The van der Waals surface area contributed by atoms with Gasteiger partial charge in [0.25, 0.3) is 7.66 Å². The molecule has 0 bridgehead atoms. The normalized spacial score (nSPS) is 19.1. The summed E-state index contributed by atoms with van der Waals surface area (Å²) in [5.41, 5.74) is 4.44. The molecule has 1 unspecified atom stereocenters. The number of hydrogen-bond donors (Lipinski definition) is 5. The highest BCUT2D eigenvalue weighted by molar-refractivity contribution is 7.62. The number of hydrogen-bond acceptors (Lipinski definition) is 3. The first kappa shape index (κ1) is 9.26. The van der Waals surface area contributed by atoms with Gasteiger partial charge in [-0.1, -0.05) is 0 Å². The molecule has 0 saturated carbocycles. The van der Waals surface area contributed by atoms with Crippen molar-refractivity contribution < 1.29 is 23.6 Å². The maximum atomic E-state index is 9.79. The van der Waals surface area contributed by atoms with Crippen LogP contribution in [0, 0.1) is 5.16 Å². The van der Waals surface area contributed by atoms with Crippen molar-refractivity contribution in [2.45, 2.75) is 0 Å². The van der Waals surface area contributed by atoms with Crippen LogP contribution >= 0.6 is 15.5 Å². The number of phosphoric acid groups is 1. The third-order valence-corrected chi connectivity index (χ3v) is 2.08. The predicted octanol–water partition coefficient (Wildman–Crippen LogP) is -0.428. The number of rotatable bonds is 2. The van der Waals surface area contributed by atoms with E-state index in [9.17, 15) is 4.57 Å². The molecular weight excluding hydrogens is 170 g/mol. The summed E-state index contributed by atoms with van der Waals surface area (Å²) in [6, 6.07) is 0. The summed E-state index contributed by atoms with van der Waals surface area (Å²) in [6.07, 6.45) is 0. The maximum absolute atomic E-state index is 9.79. The van der Waals surface area contributed by atoms with Crippen molar-refractivity contribution in [1.29, 1.82) is 5.16 Å². The molecule has 0 fully saturated rings. The van der Waals surface area contributed by atoms with Crippen molar-refractivity contribution in [3.63, 3.8) is 0 Å². The number of nitrogens with two attached hydrogens (primary N) is 1. The third kappa shape index (κ3) is 8.26. The van der Waals surface area contributed by atoms with E-state index in [1.165, 1.54) is 0 Å². The minimum absolute atomic E-state index is 3.40. The Kier molecular flexibility index (Phi) is 2.55. The first-order valence-corrected chi connectivity index (χ1v) is 4.89. The van der Waals surface area contributed by atoms with Gasteiger partial charge in [-0.3, -0.25) is 10.7 Å². The summed E-state index contributed by atoms with van der Waals surface area (Å²) < 4.78 is 13.2. The zero-order valence-corrected chi connectivity index (χ0v) is 5.92. The van der Waals surface area contributed by atoms with E-state index in [4.69, 9.17) is 19.8 Å². The average molecular weight is 176 g/mol. The minimum atomic E-state index is -4.80. The fourth-order valence-electron chi connectivity index (χ4n) is 0.162. The van der Waals surface area contributed by atoms with Gasteiger partial charge in [0.2, 0.25) is 0 Å². The lowest BCUT2D eigenvalue weighted by atomic mass is 13.9. The second-order valence-electron chi connectivity index (χ2n) is 1.20. The molecule has 0 spiro atoms. The van der Waals surface area contributed by atoms with Gasteiger partial charge in [0, 0.05) is 0 Å². The Bertz CT molecular complexity index is 153. The summed E-state index contributed by atoms with van der Waals surface area (Å²) in [5, 5.41) is 6.32. The van der Waals surface area contributed by atoms with E-state index in [1.807, 2.05) is 0 Å². The van der Waals surface area contributed by atoms with Gasteiger partial charge in [-0.15, -0.1) is 0 Å². The lowest BCUT2D eigenvalue weighted by Gasteiger charge is -2.08. The Hall–Kier alpha value is 0.260. The summed E-state index contributed by atoms with van der Waals surface area (Å²) in [6.45, 7) is 0. The molecule has 0 amide bonds. The Balaban J connectivity index is 4.07. The van der Waals surface area contributed by atoms with Crippen LogP contribution in [0.5, 0.6) is 0 Å². The molecule has 1 atom stereocenters. The van der Waals surface area contributed by atoms with Gasteiger partial charge in [0.1, 0.15) is 0 Å². The van der Waals surface area contributed by atoms with E-state index in [1.54, 1.807) is 0 Å². The smallest absolute Gasteiger partial charge is 0.328 e. The summed E-state index contributed by atoms with van der Waals surface area (Å²) in [7, 11) is -8.85. The van der Waals surface area contributed by atoms with Crippen LogP contribution in [0.15, 0.2) is 0 Å². The fourth-order valence-corrected chi connectivity index (χ4v) is 1.46. The SMILES string of the molecule is N=P(N)(O)OP(=O)(O)O. The van der Waals surface area contributed by atoms with Crippen LogP contribution in [-0.2, 0) is 8.88 Å². The topological polar surface area (TPSA) is 137 Å². The molecule has 0 aliphatic carbocycles. The van der Waals surface area contributed by atoms with E-state index in [2.05, 4.69) is 9.81 Å². The molecule has 9 heavy (non-hydrogen) atoms. The lowest BCUT2D eigenvalue weighted by Crippen LogP contribution is -1.95. The largest absolute Gasteiger partial charge is 0.476 e. The Labute approximate surface area is 50.8 Å². The van der Waals surface area contributed by atoms with Gasteiger partial charge in [-0.25, -0.2) is 8.88 Å². The van der Waals surface area contributed by atoms with E-state index in [0.717, 1.165) is 0 Å². The summed E-state index contributed by atoms with van der Waals surface area (Å²) in [5.74, 6) is 0. The van der Waals surface area contributed by atoms with Gasteiger partial charge < -0.3 is 14.7 Å². The van der Waals surface area contributed by atoms with Gasteiger partial charge in [0.05, 0.1) is 0 Å². The Morgan fingerprint density at radius 3 is 1.78 bits per heavy atom. The van der Waals surface area contributed by atoms with Crippen molar-refractivity contribution in [3.05, 3.63) is 0 Å². The van der Waals surface area contributed by atoms with Crippen LogP contribution in [0.4, 0.5) is 0 Å². The first-order valence-electron chi connectivity index (χ1n) is 1.63. The van der Waals surface area contributed by atoms with Crippen molar-refractivity contribution in [2.24, 2.45) is 5.50 Å². The van der Waals surface area contributed by atoms with E-state index < -0.39 is 15.5 Å². The molecule has 0 aromatic carbocycles. The molecule has 0 aliphatic heterocycles. The van der Waals surface area contributed by atoms with Crippen LogP contribution in [0.2, 0.25) is 0 Å². The molecule has 9 heteroatoms. The molecule has 0 aliphatic rings. The maximum Gasteiger partial charge on any atom is 0.476 e. The molecule has 0 aromatic heterocycles. The monoisotopic (exact) mass is 176 g/mol. The molecule has 7 nitrogen and oxygen atoms in total. The second kappa shape index (κ2) is 2.48. The number of nitrogens with one attached hydrogen (secondary N) is 1. The molecule has 6 N–H and O–H groups in total. The zero-order valence-electron chi connectivity index (χ0n) is 4.13. The highest BCUT2D eigenvalue weighted by atomic mass is 31.3. The average Bonchev–Trinajstić information content (AvgIpc) is 1.14. The highest BCUT2D eigenvalue weighted by Gasteiger charge is 2.22. The molecule has 0 aromatic rings. The Morgan fingerprint density at radius 2 is 1.78 bits per heavy atom. The van der Waals surface area contributed by atoms with Gasteiger partial charge in [-0.05, 0) is 0 Å². The van der Waals surface area contributed by atoms with Crippen molar-refractivity contribution in [2.75, 3.05) is 0 Å². The molecule has 0 radical (unpaired) electrons. The van der Waals surface area contributed by atoms with Gasteiger partial charge in [-0.2, -0.15) is 0 Å². The minimum Gasteiger partial charge on any atom is -0.328 e. The van der Waals surface area contributed by atoms with E-state index in [0.29, 0.717) is 0 Å². The van der Waals surface area contributed by atoms with E-state index >= 15 is 0 Å². The molecule has 0 saturated heterocycles. The quantitative estimate of drug-likeness (QED) is 0.362. The van der Waals surface area contributed by atoms with Crippen molar-refractivity contribution >= 4 is 15.5 Å². The fraction of sp³-hybridized carbons (Fsp3) is 0. The standard InChI is InChI=1S/H6N2O5P2/c1-8(2,3)7-9(4,5)6/h(H4,1,2,3)(H2,4,5,6). The summed E-state index contributed by atoms with van der Waals surface area (Å²) in [4.78, 5) is 24.0. The van der Waals surface area contributed by atoms with Crippen LogP contribution in [0.1, 0.15) is 0 Å². The van der Waals surface area contributed by atoms with Crippen molar-refractivity contribution in [1.82, 2.24) is 0 Å². The third-order valence-electron chi connectivity index (χ3n) is 0.231. The zero-order chi connectivity index (χ0) is 7.71. The van der Waals surface area contributed by atoms with Crippen LogP contribution < -0.4 is 5.50 Å². The molecule has 56 valence electrons. The first-order chi connectivity index (χ1) is 3.71. The van der Waals surface area contributed by atoms with Crippen LogP contribution in [0.3, 0.4) is 0 Å². The Morgan fingerprint density at radius 1 is 1.44 bits per heavy atom. The van der Waals surface area contributed by atoms with E-state index in [-0.39, 0.29) is 0 Å². The molecule has 0 rings (SSSR count). The van der Waals surface area contributed by atoms with Crippen LogP contribution in [0.25, 0.3) is 0 Å². The molecular formula is H6N2O5P2. The van der Waals surface area contributed by atoms with Gasteiger partial charge in [0.15, 0.2) is 0 Å². The summed E-state index contributed by atoms with van der Waals surface area (Å²) >= 11 is 0. The van der Waals surface area contributed by atoms with Crippen molar-refractivity contribution in [3.8, 4) is 0 Å². The van der Waals surface area contributed by atoms with Crippen LogP contribution in [-0.4, -0.2) is 14.7 Å².